The molecule has 0 saturated heterocycles. The van der Waals surface area contributed by atoms with E-state index in [1.54, 1.807) is 6.21 Å². The maximum atomic E-state index is 7.15. The Hall–Kier alpha value is -0.450. The van der Waals surface area contributed by atoms with Crippen LogP contribution in [0.1, 0.15) is 20.3 Å². The summed E-state index contributed by atoms with van der Waals surface area (Å²) in [5.74, 6) is 0. The highest BCUT2D eigenvalue weighted by atomic mass is 127. The van der Waals surface area contributed by atoms with Gasteiger partial charge in [0.1, 0.15) is 0 Å². The van der Waals surface area contributed by atoms with Crippen LogP contribution in [-0.4, -0.2) is 12.4 Å². The van der Waals surface area contributed by atoms with Crippen molar-refractivity contribution in [3.05, 3.63) is 21.4 Å². The van der Waals surface area contributed by atoms with E-state index in [4.69, 9.17) is 5.41 Å². The lowest BCUT2D eigenvalue weighted by Crippen LogP contribution is -1.87. The molecule has 0 rings (SSSR count). The molecule has 0 aliphatic carbocycles. The lowest BCUT2D eigenvalue weighted by atomic mass is 10.2. The molecule has 0 saturated carbocycles. The van der Waals surface area contributed by atoms with Gasteiger partial charge in [0, 0.05) is 12.4 Å². The standard InChI is InChI=1S/C9H13IN2/c1-3-8(7-11)9(5-6-10)12-4-2/h4-7,11H,3H2,1-2H3/b6-5-,9-8+,11-7?,12-4?. The number of halogens is 1. The van der Waals surface area contributed by atoms with E-state index in [1.807, 2.05) is 24.0 Å². The molecule has 0 aliphatic rings. The topological polar surface area (TPSA) is 36.2 Å². The second-order valence-electron chi connectivity index (χ2n) is 2.09. The van der Waals surface area contributed by atoms with Crippen molar-refractivity contribution in [3.63, 3.8) is 0 Å². The van der Waals surface area contributed by atoms with Crippen LogP contribution in [0, 0.1) is 5.41 Å². The Morgan fingerprint density at radius 3 is 2.58 bits per heavy atom. The second-order valence-corrected chi connectivity index (χ2v) is 2.81. The van der Waals surface area contributed by atoms with Crippen molar-refractivity contribution < 1.29 is 0 Å². The zero-order valence-corrected chi connectivity index (χ0v) is 9.50. The summed E-state index contributed by atoms with van der Waals surface area (Å²) in [7, 11) is 0. The van der Waals surface area contributed by atoms with Gasteiger partial charge in [-0.1, -0.05) is 29.5 Å². The molecule has 3 heteroatoms. The SMILES string of the molecule is CC=NC(/C=C\I)=C(/C=N)CC. The first-order chi connectivity index (χ1) is 5.79. The molecule has 0 amide bonds. The Morgan fingerprint density at radius 1 is 1.58 bits per heavy atom. The summed E-state index contributed by atoms with van der Waals surface area (Å²) in [6, 6.07) is 0. The number of hydrogen-bond acceptors (Lipinski definition) is 2. The summed E-state index contributed by atoms with van der Waals surface area (Å²) in [6.45, 7) is 3.89. The number of hydrogen-bond donors (Lipinski definition) is 1. The second kappa shape index (κ2) is 7.21. The van der Waals surface area contributed by atoms with Gasteiger partial charge in [0.15, 0.2) is 0 Å². The Kier molecular flexibility index (Phi) is 6.94. The smallest absolute Gasteiger partial charge is 0.0677 e. The lowest BCUT2D eigenvalue weighted by molar-refractivity contribution is 1.14. The Bertz CT molecular complexity index is 213. The molecular weight excluding hydrogens is 263 g/mol. The fraction of sp³-hybridized carbons (Fsp3) is 0.333. The fourth-order valence-electron chi connectivity index (χ4n) is 0.789. The normalized spacial score (nSPS) is 13.9. The first kappa shape index (κ1) is 11.6. The van der Waals surface area contributed by atoms with Crippen molar-refractivity contribution in [2.24, 2.45) is 4.99 Å². The van der Waals surface area contributed by atoms with Crippen molar-refractivity contribution in [3.8, 4) is 0 Å². The minimum absolute atomic E-state index is 0.844. The zero-order chi connectivity index (χ0) is 9.40. The summed E-state index contributed by atoms with van der Waals surface area (Å²) >= 11 is 2.14. The van der Waals surface area contributed by atoms with Crippen molar-refractivity contribution in [1.82, 2.24) is 0 Å². The van der Waals surface area contributed by atoms with Gasteiger partial charge in [0.25, 0.3) is 0 Å². The molecule has 0 aromatic rings. The summed E-state index contributed by atoms with van der Waals surface area (Å²) in [5.41, 5.74) is 1.84. The van der Waals surface area contributed by atoms with Crippen LogP contribution in [0.2, 0.25) is 0 Å². The zero-order valence-electron chi connectivity index (χ0n) is 7.34. The van der Waals surface area contributed by atoms with E-state index in [0.29, 0.717) is 0 Å². The molecule has 0 bridgehead atoms. The van der Waals surface area contributed by atoms with Crippen LogP contribution in [0.25, 0.3) is 0 Å². The number of rotatable bonds is 4. The van der Waals surface area contributed by atoms with Gasteiger partial charge in [-0.15, -0.1) is 0 Å². The largest absolute Gasteiger partial charge is 0.308 e. The molecule has 2 nitrogen and oxygen atoms in total. The summed E-state index contributed by atoms with van der Waals surface area (Å²) in [5, 5.41) is 7.15. The third kappa shape index (κ3) is 3.80. The van der Waals surface area contributed by atoms with E-state index in [2.05, 4.69) is 27.6 Å². The Balaban J connectivity index is 4.87. The van der Waals surface area contributed by atoms with Crippen LogP contribution < -0.4 is 0 Å². The maximum Gasteiger partial charge on any atom is 0.0677 e. The molecular formula is C9H13IN2. The van der Waals surface area contributed by atoms with Crippen molar-refractivity contribution in [1.29, 1.82) is 5.41 Å². The Labute approximate surface area is 87.1 Å². The van der Waals surface area contributed by atoms with Crippen molar-refractivity contribution >= 4 is 35.0 Å². The van der Waals surface area contributed by atoms with Gasteiger partial charge in [-0.2, -0.15) is 0 Å². The minimum atomic E-state index is 0.844. The molecule has 0 atom stereocenters. The van der Waals surface area contributed by atoms with Crippen LogP contribution in [0.3, 0.4) is 0 Å². The monoisotopic (exact) mass is 276 g/mol. The summed E-state index contributed by atoms with van der Waals surface area (Å²) in [4.78, 5) is 4.17. The highest BCUT2D eigenvalue weighted by Gasteiger charge is 1.95. The van der Waals surface area contributed by atoms with Crippen molar-refractivity contribution in [2.45, 2.75) is 20.3 Å². The van der Waals surface area contributed by atoms with E-state index in [9.17, 15) is 0 Å². The molecule has 0 aliphatic heterocycles. The predicted molar refractivity (Wildman–Crippen MR) is 63.4 cm³/mol. The van der Waals surface area contributed by atoms with Crippen LogP contribution in [0.5, 0.6) is 0 Å². The number of nitrogens with one attached hydrogen (secondary N) is 1. The molecule has 0 aromatic heterocycles. The predicted octanol–water partition coefficient (Wildman–Crippen LogP) is 3.34. The van der Waals surface area contributed by atoms with Crippen LogP contribution in [-0.2, 0) is 0 Å². The summed E-state index contributed by atoms with van der Waals surface area (Å²) in [6.07, 6.45) is 5.85. The number of nitrogens with zero attached hydrogens (tertiary/aromatic N) is 1. The molecule has 0 unspecified atom stereocenters. The van der Waals surface area contributed by atoms with E-state index in [1.165, 1.54) is 6.21 Å². The molecule has 0 radical (unpaired) electrons. The van der Waals surface area contributed by atoms with Gasteiger partial charge in [-0.3, -0.25) is 4.99 Å². The maximum absolute atomic E-state index is 7.15. The number of aliphatic imine (C=N–C) groups is 1. The van der Waals surface area contributed by atoms with Crippen LogP contribution in [0.4, 0.5) is 0 Å². The molecule has 1 N–H and O–H groups in total. The highest BCUT2D eigenvalue weighted by molar-refractivity contribution is 14.1. The van der Waals surface area contributed by atoms with Gasteiger partial charge in [0.2, 0.25) is 0 Å². The van der Waals surface area contributed by atoms with Crippen molar-refractivity contribution in [2.75, 3.05) is 0 Å². The lowest BCUT2D eigenvalue weighted by Gasteiger charge is -1.99. The average Bonchev–Trinajstić information content (AvgIpc) is 2.07. The van der Waals surface area contributed by atoms with E-state index >= 15 is 0 Å². The average molecular weight is 276 g/mol. The molecule has 66 valence electrons. The van der Waals surface area contributed by atoms with Gasteiger partial charge >= 0.3 is 0 Å². The fourth-order valence-corrected chi connectivity index (χ4v) is 1.13. The first-order valence-corrected chi connectivity index (χ1v) is 5.03. The van der Waals surface area contributed by atoms with Gasteiger partial charge < -0.3 is 5.41 Å². The number of allylic oxidation sites excluding steroid dienone is 2. The third-order valence-corrected chi connectivity index (χ3v) is 1.73. The Morgan fingerprint density at radius 2 is 2.25 bits per heavy atom. The molecule has 0 spiro atoms. The van der Waals surface area contributed by atoms with E-state index < -0.39 is 0 Å². The van der Waals surface area contributed by atoms with Gasteiger partial charge in [-0.05, 0) is 29.1 Å². The van der Waals surface area contributed by atoms with Gasteiger partial charge in [-0.25, -0.2) is 0 Å². The van der Waals surface area contributed by atoms with Crippen LogP contribution in [0.15, 0.2) is 26.4 Å². The molecule has 0 fully saturated rings. The first-order valence-electron chi connectivity index (χ1n) is 3.79. The van der Waals surface area contributed by atoms with Gasteiger partial charge in [0.05, 0.1) is 5.70 Å². The molecule has 0 heterocycles. The highest BCUT2D eigenvalue weighted by Crippen LogP contribution is 2.10. The molecule has 0 aromatic carbocycles. The third-order valence-electron chi connectivity index (χ3n) is 1.37. The molecule has 12 heavy (non-hydrogen) atoms. The summed E-state index contributed by atoms with van der Waals surface area (Å²) < 4.78 is 1.90. The van der Waals surface area contributed by atoms with E-state index in [-0.39, 0.29) is 0 Å². The quantitative estimate of drug-likeness (QED) is 0.464. The van der Waals surface area contributed by atoms with Crippen LogP contribution >= 0.6 is 22.6 Å². The minimum Gasteiger partial charge on any atom is -0.308 e. The van der Waals surface area contributed by atoms with E-state index in [0.717, 1.165) is 17.7 Å².